The van der Waals surface area contributed by atoms with Crippen LogP contribution in [0.25, 0.3) is 0 Å². The molecule has 3 aliphatic rings. The Morgan fingerprint density at radius 1 is 1.15 bits per heavy atom. The van der Waals surface area contributed by atoms with Crippen LogP contribution in [0.5, 0.6) is 0 Å². The van der Waals surface area contributed by atoms with E-state index in [0.29, 0.717) is 31.0 Å². The molecule has 2 atom stereocenters. The molecule has 2 bridgehead atoms. The number of fused-ring (bicyclic) bond motifs is 4. The van der Waals surface area contributed by atoms with E-state index in [1.54, 1.807) is 19.0 Å². The third-order valence-electron chi connectivity index (χ3n) is 5.49. The van der Waals surface area contributed by atoms with Crippen molar-refractivity contribution in [2.75, 3.05) is 33.7 Å². The van der Waals surface area contributed by atoms with Gasteiger partial charge in [-0.25, -0.2) is 0 Å². The first-order valence-electron chi connectivity index (χ1n) is 9.38. The topological polar surface area (TPSA) is 60.9 Å². The molecule has 0 N–H and O–H groups in total. The molecule has 3 fully saturated rings. The van der Waals surface area contributed by atoms with Crippen LogP contribution in [0, 0.1) is 5.92 Å². The zero-order valence-electron chi connectivity index (χ0n) is 15.9. The molecule has 1 aromatic rings. The average Bonchev–Trinajstić information content (AvgIpc) is 2.93. The normalized spacial score (nSPS) is 22.0. The average molecular weight is 392 g/mol. The summed E-state index contributed by atoms with van der Waals surface area (Å²) in [5.41, 5.74) is 1.07. The number of aryl methyl sites for hydroxylation is 1. The van der Waals surface area contributed by atoms with Crippen LogP contribution in [-0.4, -0.2) is 72.2 Å². The first-order valence-corrected chi connectivity index (χ1v) is 9.76. The van der Waals surface area contributed by atoms with E-state index in [2.05, 4.69) is 0 Å². The minimum absolute atomic E-state index is 0.00875. The van der Waals surface area contributed by atoms with Crippen molar-refractivity contribution < 1.29 is 14.4 Å². The fourth-order valence-corrected chi connectivity index (χ4v) is 3.93. The minimum atomic E-state index is -0.196. The summed E-state index contributed by atoms with van der Waals surface area (Å²) in [6, 6.07) is 7.44. The van der Waals surface area contributed by atoms with Gasteiger partial charge in [0.05, 0.1) is 5.92 Å². The largest absolute Gasteiger partial charge is 0.347 e. The van der Waals surface area contributed by atoms with Crippen LogP contribution in [-0.2, 0) is 20.8 Å². The molecule has 0 saturated carbocycles. The van der Waals surface area contributed by atoms with E-state index in [1.807, 2.05) is 29.2 Å². The molecule has 0 unspecified atom stereocenters. The lowest BCUT2D eigenvalue weighted by atomic mass is 9.94. The van der Waals surface area contributed by atoms with Gasteiger partial charge < -0.3 is 14.7 Å². The highest BCUT2D eigenvalue weighted by atomic mass is 35.5. The van der Waals surface area contributed by atoms with Crippen molar-refractivity contribution in [3.8, 4) is 0 Å². The number of carbonyl (C=O) groups excluding carboxylic acids is 3. The van der Waals surface area contributed by atoms with Crippen molar-refractivity contribution in [2.45, 2.75) is 31.7 Å². The van der Waals surface area contributed by atoms with Crippen molar-refractivity contribution in [3.63, 3.8) is 0 Å². The maximum atomic E-state index is 12.7. The summed E-state index contributed by atoms with van der Waals surface area (Å²) in [5, 5.41) is 0.681. The standard InChI is InChI=1S/C20H26ClN3O3/c1-22(2)19(26)13-24-17-9-6-15(20(24)27)11-23(12-17)18(25)10-5-14-3-7-16(21)8-4-14/h3-4,7-8,15,17H,5-6,9-13H2,1-2H3/t15-,17+/m1/s1. The lowest BCUT2D eigenvalue weighted by Crippen LogP contribution is -2.51. The second-order valence-corrected chi connectivity index (χ2v) is 8.04. The molecule has 146 valence electrons. The summed E-state index contributed by atoms with van der Waals surface area (Å²) in [6.07, 6.45) is 2.69. The molecule has 3 aliphatic heterocycles. The summed E-state index contributed by atoms with van der Waals surface area (Å²) in [5.74, 6) is -0.209. The number of amides is 3. The fourth-order valence-electron chi connectivity index (χ4n) is 3.80. The van der Waals surface area contributed by atoms with Gasteiger partial charge in [-0.3, -0.25) is 14.4 Å². The fraction of sp³-hybridized carbons (Fsp3) is 0.550. The van der Waals surface area contributed by atoms with Gasteiger partial charge in [0, 0.05) is 44.7 Å². The maximum Gasteiger partial charge on any atom is 0.241 e. The van der Waals surface area contributed by atoms with E-state index in [-0.39, 0.29) is 36.2 Å². The van der Waals surface area contributed by atoms with Crippen LogP contribution < -0.4 is 0 Å². The highest BCUT2D eigenvalue weighted by molar-refractivity contribution is 6.30. The summed E-state index contributed by atoms with van der Waals surface area (Å²) in [6.45, 7) is 1.07. The Kier molecular flexibility index (Phi) is 6.05. The molecule has 6 nitrogen and oxygen atoms in total. The maximum absolute atomic E-state index is 12.7. The Bertz CT molecular complexity index is 720. The van der Waals surface area contributed by atoms with E-state index in [4.69, 9.17) is 11.6 Å². The molecule has 4 rings (SSSR count). The van der Waals surface area contributed by atoms with Crippen molar-refractivity contribution in [1.29, 1.82) is 0 Å². The third-order valence-corrected chi connectivity index (χ3v) is 5.74. The van der Waals surface area contributed by atoms with Gasteiger partial charge in [0.1, 0.15) is 6.54 Å². The Hall–Kier alpha value is -2.08. The van der Waals surface area contributed by atoms with Crippen molar-refractivity contribution in [1.82, 2.24) is 14.7 Å². The summed E-state index contributed by atoms with van der Waals surface area (Å²) < 4.78 is 0. The molecule has 3 saturated heterocycles. The minimum Gasteiger partial charge on any atom is -0.347 e. The Morgan fingerprint density at radius 2 is 1.85 bits per heavy atom. The van der Waals surface area contributed by atoms with Gasteiger partial charge in [0.25, 0.3) is 0 Å². The number of likely N-dealkylation sites (N-methyl/N-ethyl adjacent to an activating group) is 1. The zero-order chi connectivity index (χ0) is 19.6. The lowest BCUT2D eigenvalue weighted by Gasteiger charge is -2.35. The van der Waals surface area contributed by atoms with Crippen LogP contribution in [0.4, 0.5) is 0 Å². The Morgan fingerprint density at radius 3 is 2.52 bits per heavy atom. The number of halogens is 1. The van der Waals surface area contributed by atoms with Gasteiger partial charge in [-0.2, -0.15) is 0 Å². The van der Waals surface area contributed by atoms with Crippen LogP contribution in [0.2, 0.25) is 5.02 Å². The van der Waals surface area contributed by atoms with Crippen molar-refractivity contribution >= 4 is 29.3 Å². The van der Waals surface area contributed by atoms with Gasteiger partial charge in [-0.05, 0) is 37.0 Å². The van der Waals surface area contributed by atoms with Gasteiger partial charge in [-0.1, -0.05) is 23.7 Å². The molecule has 0 spiro atoms. The SMILES string of the molecule is CN(C)C(=O)CN1C(=O)[C@@H]2CC[C@H]1CN(C(=O)CCc1ccc(Cl)cc1)C2. The number of hydrogen-bond acceptors (Lipinski definition) is 3. The second-order valence-electron chi connectivity index (χ2n) is 7.61. The Labute approximate surface area is 165 Å². The number of benzene rings is 1. The number of rotatable bonds is 5. The monoisotopic (exact) mass is 391 g/mol. The number of piperidine rings is 1. The predicted molar refractivity (Wildman–Crippen MR) is 103 cm³/mol. The summed E-state index contributed by atoms with van der Waals surface area (Å²) in [4.78, 5) is 42.6. The van der Waals surface area contributed by atoms with Crippen LogP contribution in [0.3, 0.4) is 0 Å². The number of hydrogen-bond donors (Lipinski definition) is 0. The van der Waals surface area contributed by atoms with E-state index >= 15 is 0 Å². The summed E-state index contributed by atoms with van der Waals surface area (Å²) in [7, 11) is 3.38. The second kappa shape index (κ2) is 8.30. The molecule has 3 heterocycles. The van der Waals surface area contributed by atoms with Crippen LogP contribution in [0.1, 0.15) is 24.8 Å². The first-order chi connectivity index (χ1) is 12.8. The third kappa shape index (κ3) is 4.61. The first kappa shape index (κ1) is 19.7. The molecule has 0 aliphatic carbocycles. The molecule has 0 aromatic heterocycles. The smallest absolute Gasteiger partial charge is 0.241 e. The van der Waals surface area contributed by atoms with Crippen molar-refractivity contribution in [3.05, 3.63) is 34.9 Å². The zero-order valence-corrected chi connectivity index (χ0v) is 16.6. The van der Waals surface area contributed by atoms with Gasteiger partial charge in [-0.15, -0.1) is 0 Å². The van der Waals surface area contributed by atoms with E-state index < -0.39 is 0 Å². The molecule has 0 radical (unpaired) electrons. The van der Waals surface area contributed by atoms with E-state index in [1.165, 1.54) is 4.90 Å². The molecular weight excluding hydrogens is 366 g/mol. The van der Waals surface area contributed by atoms with Gasteiger partial charge in [0.15, 0.2) is 0 Å². The molecule has 3 amide bonds. The highest BCUT2D eigenvalue weighted by Crippen LogP contribution is 2.29. The lowest BCUT2D eigenvalue weighted by molar-refractivity contribution is -0.145. The van der Waals surface area contributed by atoms with E-state index in [0.717, 1.165) is 18.4 Å². The summed E-state index contributed by atoms with van der Waals surface area (Å²) >= 11 is 5.90. The predicted octanol–water partition coefficient (Wildman–Crippen LogP) is 1.81. The van der Waals surface area contributed by atoms with E-state index in [9.17, 15) is 14.4 Å². The van der Waals surface area contributed by atoms with Crippen molar-refractivity contribution in [2.24, 2.45) is 5.92 Å². The quantitative estimate of drug-likeness (QED) is 0.769. The number of carbonyl (C=O) groups is 3. The molecular formula is C20H26ClN3O3. The Balaban J connectivity index is 1.63. The van der Waals surface area contributed by atoms with Crippen LogP contribution in [0.15, 0.2) is 24.3 Å². The highest BCUT2D eigenvalue weighted by Gasteiger charge is 2.42. The molecule has 1 aromatic carbocycles. The van der Waals surface area contributed by atoms with Gasteiger partial charge >= 0.3 is 0 Å². The molecule has 7 heteroatoms. The molecule has 27 heavy (non-hydrogen) atoms. The number of nitrogens with zero attached hydrogens (tertiary/aromatic N) is 3. The van der Waals surface area contributed by atoms with Gasteiger partial charge in [0.2, 0.25) is 17.7 Å². The van der Waals surface area contributed by atoms with Crippen LogP contribution >= 0.6 is 11.6 Å².